The Hall–Kier alpha value is -2.80. The Labute approximate surface area is 223 Å². The van der Waals surface area contributed by atoms with E-state index in [1.165, 1.54) is 17.0 Å². The van der Waals surface area contributed by atoms with Gasteiger partial charge >= 0.3 is 5.97 Å². The summed E-state index contributed by atoms with van der Waals surface area (Å²) in [6.07, 6.45) is 1.10. The van der Waals surface area contributed by atoms with Gasteiger partial charge in [-0.2, -0.15) is 0 Å². The fourth-order valence-corrected chi connectivity index (χ4v) is 4.84. The van der Waals surface area contributed by atoms with Crippen LogP contribution in [0.4, 0.5) is 4.39 Å². The van der Waals surface area contributed by atoms with Crippen LogP contribution in [0.5, 0.6) is 5.75 Å². The van der Waals surface area contributed by atoms with E-state index in [1.54, 1.807) is 30.3 Å². The number of aliphatic carboxylic acids is 1. The highest BCUT2D eigenvalue weighted by molar-refractivity contribution is 6.42. The number of ether oxygens (including phenoxy) is 1. The van der Waals surface area contributed by atoms with Gasteiger partial charge in [0.15, 0.2) is 0 Å². The lowest BCUT2D eigenvalue weighted by molar-refractivity contribution is -0.144. The molecule has 9 heteroatoms. The van der Waals surface area contributed by atoms with Gasteiger partial charge in [0.2, 0.25) is 5.91 Å². The van der Waals surface area contributed by atoms with Crippen LogP contribution in [0.1, 0.15) is 29.2 Å². The summed E-state index contributed by atoms with van der Waals surface area (Å²) in [5, 5.41) is 10.1. The van der Waals surface area contributed by atoms with E-state index in [1.807, 2.05) is 19.1 Å². The zero-order valence-corrected chi connectivity index (χ0v) is 21.6. The minimum Gasteiger partial charge on any atom is -0.487 e. The van der Waals surface area contributed by atoms with Crippen molar-refractivity contribution in [3.63, 3.8) is 0 Å². The quantitative estimate of drug-likeness (QED) is 0.354. The average Bonchev–Trinajstić information content (AvgIpc) is 3.13. The highest BCUT2D eigenvalue weighted by Crippen LogP contribution is 2.38. The number of carboxylic acids is 1. The molecule has 0 saturated carbocycles. The Morgan fingerprint density at radius 2 is 1.67 bits per heavy atom. The van der Waals surface area contributed by atoms with Gasteiger partial charge in [-0.3, -0.25) is 9.59 Å². The third-order valence-corrected chi connectivity index (χ3v) is 7.04. The van der Waals surface area contributed by atoms with Crippen molar-refractivity contribution in [3.8, 4) is 5.75 Å². The Balaban J connectivity index is 1.46. The first-order chi connectivity index (χ1) is 17.0. The topological polar surface area (TPSA) is 66.8 Å². The summed E-state index contributed by atoms with van der Waals surface area (Å²) in [6.45, 7) is 1.60. The highest BCUT2D eigenvalue weighted by atomic mass is 35.5. The van der Waals surface area contributed by atoms with Gasteiger partial charge in [-0.05, 0) is 59.5 Å². The molecule has 188 valence electrons. The number of carbonyl (C=O) groups excluding carboxylic acids is 1. The van der Waals surface area contributed by atoms with Gasteiger partial charge in [-0.1, -0.05) is 59.1 Å². The third-order valence-electron chi connectivity index (χ3n) is 6.00. The van der Waals surface area contributed by atoms with Crippen molar-refractivity contribution in [2.75, 3.05) is 6.54 Å². The Morgan fingerprint density at radius 1 is 0.972 bits per heavy atom. The van der Waals surface area contributed by atoms with Crippen LogP contribution in [-0.4, -0.2) is 34.0 Å². The van der Waals surface area contributed by atoms with E-state index >= 15 is 0 Å². The van der Waals surface area contributed by atoms with E-state index in [-0.39, 0.29) is 23.9 Å². The van der Waals surface area contributed by atoms with Gasteiger partial charge in [0.1, 0.15) is 23.7 Å². The molecule has 1 heterocycles. The van der Waals surface area contributed by atoms with Crippen molar-refractivity contribution in [1.29, 1.82) is 0 Å². The molecule has 1 amide bonds. The highest BCUT2D eigenvalue weighted by Gasteiger charge is 2.35. The summed E-state index contributed by atoms with van der Waals surface area (Å²) in [7, 11) is 0. The molecule has 0 unspecified atom stereocenters. The molecule has 1 aliphatic rings. The molecule has 1 N–H and O–H groups in total. The lowest BCUT2D eigenvalue weighted by atomic mass is 9.91. The van der Waals surface area contributed by atoms with Crippen LogP contribution >= 0.6 is 34.8 Å². The molecule has 36 heavy (non-hydrogen) atoms. The molecule has 0 spiro atoms. The number of hydrogen-bond acceptors (Lipinski definition) is 3. The van der Waals surface area contributed by atoms with Crippen LogP contribution in [-0.2, 0) is 35.4 Å². The monoisotopic (exact) mass is 549 g/mol. The first kappa shape index (κ1) is 26.3. The van der Waals surface area contributed by atoms with Crippen LogP contribution < -0.4 is 4.74 Å². The van der Waals surface area contributed by atoms with Crippen LogP contribution in [0, 0.1) is 5.82 Å². The van der Waals surface area contributed by atoms with Gasteiger partial charge < -0.3 is 14.7 Å². The summed E-state index contributed by atoms with van der Waals surface area (Å²) in [4.78, 5) is 25.7. The summed E-state index contributed by atoms with van der Waals surface area (Å²) in [5.41, 5.74) is 2.55. The number of amides is 1. The Morgan fingerprint density at radius 3 is 2.36 bits per heavy atom. The van der Waals surface area contributed by atoms with Crippen LogP contribution in [0.25, 0.3) is 0 Å². The van der Waals surface area contributed by atoms with Gasteiger partial charge in [0.25, 0.3) is 0 Å². The predicted octanol–water partition coefficient (Wildman–Crippen LogP) is 6.38. The van der Waals surface area contributed by atoms with Gasteiger partial charge in [-0.25, -0.2) is 4.39 Å². The third kappa shape index (κ3) is 6.30. The summed E-state index contributed by atoms with van der Waals surface area (Å²) in [5.74, 6) is -1.20. The molecule has 0 bridgehead atoms. The Kier molecular flexibility index (Phi) is 7.79. The van der Waals surface area contributed by atoms with E-state index in [9.17, 15) is 19.1 Å². The van der Waals surface area contributed by atoms with Crippen molar-refractivity contribution >= 4 is 46.7 Å². The normalized spacial score (nSPS) is 16.4. The maximum atomic E-state index is 13.9. The molecule has 5 nitrogen and oxygen atoms in total. The standard InChI is InChI=1S/C27H23Cl3FNO4/c1-27(12-17-2-6-21(29)23(31)10-17)13-19-8-16(4-7-24(19)36-27)11-25(33)32(15-26(34)35)14-18-3-5-20(28)22(30)9-18/h2-10H,11-15H2,1H3,(H,34,35)/t27-/m1/s1. The average molecular weight is 551 g/mol. The number of rotatable bonds is 8. The zero-order chi connectivity index (χ0) is 26.0. The second-order valence-corrected chi connectivity index (χ2v) is 10.4. The first-order valence-electron chi connectivity index (χ1n) is 11.2. The van der Waals surface area contributed by atoms with Gasteiger partial charge in [-0.15, -0.1) is 0 Å². The molecule has 0 fully saturated rings. The van der Waals surface area contributed by atoms with Crippen molar-refractivity contribution in [2.24, 2.45) is 0 Å². The number of nitrogens with zero attached hydrogens (tertiary/aromatic N) is 1. The minimum absolute atomic E-state index is 0.0288. The number of benzene rings is 3. The van der Waals surface area contributed by atoms with E-state index < -0.39 is 23.9 Å². The first-order valence-corrected chi connectivity index (χ1v) is 12.3. The molecule has 3 aromatic carbocycles. The van der Waals surface area contributed by atoms with Crippen molar-refractivity contribution in [1.82, 2.24) is 4.90 Å². The van der Waals surface area contributed by atoms with Crippen molar-refractivity contribution in [3.05, 3.63) is 97.7 Å². The fourth-order valence-electron chi connectivity index (χ4n) is 4.41. The van der Waals surface area contributed by atoms with Crippen LogP contribution in [0.2, 0.25) is 15.1 Å². The number of halogens is 4. The minimum atomic E-state index is -1.11. The van der Waals surface area contributed by atoms with E-state index in [0.29, 0.717) is 34.2 Å². The van der Waals surface area contributed by atoms with Gasteiger partial charge in [0.05, 0.1) is 21.5 Å². The number of carbonyl (C=O) groups is 2. The summed E-state index contributed by atoms with van der Waals surface area (Å²) in [6, 6.07) is 15.2. The molecule has 3 aromatic rings. The van der Waals surface area contributed by atoms with Gasteiger partial charge in [0, 0.05) is 19.4 Å². The molecular formula is C27H23Cl3FNO4. The molecule has 0 saturated heterocycles. The second-order valence-electron chi connectivity index (χ2n) is 9.16. The van der Waals surface area contributed by atoms with Crippen molar-refractivity contribution in [2.45, 2.75) is 38.3 Å². The second kappa shape index (κ2) is 10.7. The molecule has 0 aromatic heterocycles. The van der Waals surface area contributed by atoms with Crippen LogP contribution in [0.15, 0.2) is 54.6 Å². The number of carboxylic acid groups (broad SMARTS) is 1. The molecular weight excluding hydrogens is 528 g/mol. The maximum absolute atomic E-state index is 13.9. The largest absolute Gasteiger partial charge is 0.487 e. The lowest BCUT2D eigenvalue weighted by Gasteiger charge is -2.24. The van der Waals surface area contributed by atoms with Crippen molar-refractivity contribution < 1.29 is 23.8 Å². The molecule has 0 aliphatic carbocycles. The van der Waals surface area contributed by atoms with E-state index in [4.69, 9.17) is 39.5 Å². The smallest absolute Gasteiger partial charge is 0.323 e. The summed E-state index contributed by atoms with van der Waals surface area (Å²) < 4.78 is 20.1. The Bertz CT molecular complexity index is 1330. The lowest BCUT2D eigenvalue weighted by Crippen LogP contribution is -2.36. The summed E-state index contributed by atoms with van der Waals surface area (Å²) >= 11 is 17.8. The molecule has 1 aliphatic heterocycles. The van der Waals surface area contributed by atoms with E-state index in [0.717, 1.165) is 16.7 Å². The molecule has 0 radical (unpaired) electrons. The SMILES string of the molecule is C[C@@]1(Cc2ccc(Cl)c(F)c2)Cc2cc(CC(=O)N(CC(=O)O)Cc3ccc(Cl)c(Cl)c3)ccc2O1. The van der Waals surface area contributed by atoms with E-state index in [2.05, 4.69) is 0 Å². The maximum Gasteiger partial charge on any atom is 0.323 e. The van der Waals surface area contributed by atoms with Crippen LogP contribution in [0.3, 0.4) is 0 Å². The predicted molar refractivity (Wildman–Crippen MR) is 138 cm³/mol. The molecule has 1 atom stereocenters. The molecule has 4 rings (SSSR count). The zero-order valence-electron chi connectivity index (χ0n) is 19.4. The fraction of sp³-hybridized carbons (Fsp3) is 0.259. The number of fused-ring (bicyclic) bond motifs is 1. The number of hydrogen-bond donors (Lipinski definition) is 1.